The van der Waals surface area contributed by atoms with E-state index in [1.54, 1.807) is 23.4 Å². The summed E-state index contributed by atoms with van der Waals surface area (Å²) < 4.78 is 35.6. The number of rotatable bonds is 8. The van der Waals surface area contributed by atoms with E-state index in [0.29, 0.717) is 13.1 Å². The minimum atomic E-state index is -0.862. The number of carbonyl (C=O) groups excluding carboxylic acids is 2. The van der Waals surface area contributed by atoms with Crippen LogP contribution in [0.4, 0.5) is 29.7 Å². The van der Waals surface area contributed by atoms with Crippen LogP contribution in [0.5, 0.6) is 0 Å². The quantitative estimate of drug-likeness (QED) is 0.267. The van der Waals surface area contributed by atoms with E-state index in [0.717, 1.165) is 22.6 Å². The molecule has 0 aliphatic carbocycles. The summed E-state index contributed by atoms with van der Waals surface area (Å²) in [6.07, 6.45) is 4.79. The zero-order valence-corrected chi connectivity index (χ0v) is 20.6. The van der Waals surface area contributed by atoms with Gasteiger partial charge in [0, 0.05) is 63.1 Å². The number of ether oxygens (including phenoxy) is 1. The molecule has 1 atom stereocenters. The first kappa shape index (κ1) is 26.8. The first-order valence-corrected chi connectivity index (χ1v) is 11.9. The molecule has 0 unspecified atom stereocenters. The molecule has 4 N–H and O–H groups in total. The zero-order chi connectivity index (χ0) is 27.1. The molecule has 2 fully saturated rings. The number of nitrogens with two attached hydrogens (primary N) is 1. The van der Waals surface area contributed by atoms with Crippen molar-refractivity contribution in [2.45, 2.75) is 12.6 Å². The van der Waals surface area contributed by atoms with Crippen molar-refractivity contribution in [2.24, 2.45) is 10.8 Å². The third kappa shape index (κ3) is 6.52. The summed E-state index contributed by atoms with van der Waals surface area (Å²) in [5, 5.41) is 5.43. The normalized spacial score (nSPS) is 17.9. The van der Waals surface area contributed by atoms with Gasteiger partial charge in [0.25, 0.3) is 0 Å². The highest BCUT2D eigenvalue weighted by Crippen LogP contribution is 2.30. The number of hydrazine groups is 2. The third-order valence-corrected chi connectivity index (χ3v) is 5.97. The van der Waals surface area contributed by atoms with Crippen LogP contribution < -0.4 is 26.5 Å². The van der Waals surface area contributed by atoms with Crippen LogP contribution in [0.2, 0.25) is 0 Å². The standard InChI is InChI=1S/C24H29F2N9O3/c1-28-5-8-33(27)15-19-16-34(24(37)38-19)18-11-20(25)22(21(26)12-18)35-10-9-32(7-6-31-35)23(36)30-14-17-3-2-4-29-13-17/h2-5,8,11-13,19,31H,1,6-7,9-10,14-16,27H2,(H,30,36)/b8-5-/t19-/m0/s1. The van der Waals surface area contributed by atoms with Crippen molar-refractivity contribution in [3.8, 4) is 0 Å². The molecule has 1 aromatic carbocycles. The topological polar surface area (TPSA) is 132 Å². The Bertz CT molecular complexity index is 1160. The molecule has 14 heteroatoms. The summed E-state index contributed by atoms with van der Waals surface area (Å²) in [4.78, 5) is 35.2. The van der Waals surface area contributed by atoms with Gasteiger partial charge in [0.2, 0.25) is 0 Å². The average Bonchev–Trinajstić information content (AvgIpc) is 3.09. The summed E-state index contributed by atoms with van der Waals surface area (Å²) in [5.41, 5.74) is 3.54. The molecule has 2 aromatic rings. The molecule has 3 heterocycles. The SMILES string of the molecule is C=N/C=C\N(N)C[C@H]1CN(c2cc(F)c(N3CCN(C(=O)NCc4cccnc4)CCN3)c(F)c2)C(=O)O1. The minimum absolute atomic E-state index is 0.0225. The summed E-state index contributed by atoms with van der Waals surface area (Å²) in [6, 6.07) is 5.50. The van der Waals surface area contributed by atoms with Gasteiger partial charge in [-0.2, -0.15) is 0 Å². The number of urea groups is 1. The van der Waals surface area contributed by atoms with Crippen LogP contribution in [0.15, 0.2) is 54.1 Å². The van der Waals surface area contributed by atoms with Gasteiger partial charge < -0.3 is 25.0 Å². The van der Waals surface area contributed by atoms with Gasteiger partial charge in [-0.05, 0) is 18.3 Å². The van der Waals surface area contributed by atoms with E-state index in [4.69, 9.17) is 10.6 Å². The van der Waals surface area contributed by atoms with Crippen LogP contribution in [0.1, 0.15) is 5.56 Å². The van der Waals surface area contributed by atoms with Crippen molar-refractivity contribution >= 4 is 30.2 Å². The first-order valence-electron chi connectivity index (χ1n) is 11.9. The smallest absolute Gasteiger partial charge is 0.414 e. The Labute approximate surface area is 218 Å². The maximum Gasteiger partial charge on any atom is 0.414 e. The number of anilines is 2. The molecule has 0 saturated carbocycles. The fourth-order valence-corrected chi connectivity index (χ4v) is 4.14. The van der Waals surface area contributed by atoms with Crippen LogP contribution in [-0.4, -0.2) is 79.1 Å². The number of carbonyl (C=O) groups is 2. The zero-order valence-electron chi connectivity index (χ0n) is 20.6. The molecule has 2 aliphatic heterocycles. The van der Waals surface area contributed by atoms with Gasteiger partial charge in [0.05, 0.1) is 25.3 Å². The monoisotopic (exact) mass is 529 g/mol. The predicted octanol–water partition coefficient (Wildman–Crippen LogP) is 1.57. The molecular formula is C24H29F2N9O3. The van der Waals surface area contributed by atoms with Crippen molar-refractivity contribution < 1.29 is 23.1 Å². The van der Waals surface area contributed by atoms with E-state index >= 15 is 8.78 Å². The van der Waals surface area contributed by atoms with Crippen molar-refractivity contribution in [2.75, 3.05) is 49.2 Å². The molecule has 4 rings (SSSR count). The Morgan fingerprint density at radius 3 is 2.84 bits per heavy atom. The number of aliphatic imine (C=N–C) groups is 1. The Morgan fingerprint density at radius 1 is 1.34 bits per heavy atom. The number of amides is 3. The van der Waals surface area contributed by atoms with Crippen LogP contribution in [0.25, 0.3) is 0 Å². The second-order valence-corrected chi connectivity index (χ2v) is 8.62. The fourth-order valence-electron chi connectivity index (χ4n) is 4.14. The maximum absolute atomic E-state index is 15.2. The van der Waals surface area contributed by atoms with E-state index in [2.05, 4.69) is 27.4 Å². The number of nitrogens with one attached hydrogen (secondary N) is 2. The molecule has 1 aromatic heterocycles. The predicted molar refractivity (Wildman–Crippen MR) is 137 cm³/mol. The molecule has 38 heavy (non-hydrogen) atoms. The molecular weight excluding hydrogens is 500 g/mol. The number of cyclic esters (lactones) is 1. The molecule has 202 valence electrons. The second-order valence-electron chi connectivity index (χ2n) is 8.62. The number of hydrogen-bond donors (Lipinski definition) is 3. The van der Waals surface area contributed by atoms with Crippen molar-refractivity contribution in [3.05, 3.63) is 66.3 Å². The van der Waals surface area contributed by atoms with E-state index in [1.807, 2.05) is 6.07 Å². The molecule has 0 radical (unpaired) electrons. The highest BCUT2D eigenvalue weighted by molar-refractivity contribution is 5.90. The summed E-state index contributed by atoms with van der Waals surface area (Å²) in [7, 11) is 0. The van der Waals surface area contributed by atoms with Gasteiger partial charge in [-0.3, -0.25) is 14.9 Å². The molecule has 3 amide bonds. The van der Waals surface area contributed by atoms with Crippen molar-refractivity contribution in [1.82, 2.24) is 25.6 Å². The van der Waals surface area contributed by atoms with Crippen molar-refractivity contribution in [3.63, 3.8) is 0 Å². The highest BCUT2D eigenvalue weighted by Gasteiger charge is 2.34. The van der Waals surface area contributed by atoms with Crippen LogP contribution in [0.3, 0.4) is 0 Å². The van der Waals surface area contributed by atoms with E-state index in [1.165, 1.54) is 22.4 Å². The first-order chi connectivity index (χ1) is 18.4. The van der Waals surface area contributed by atoms with Crippen molar-refractivity contribution in [1.29, 1.82) is 0 Å². The summed E-state index contributed by atoms with van der Waals surface area (Å²) >= 11 is 0. The minimum Gasteiger partial charge on any atom is -0.442 e. The van der Waals surface area contributed by atoms with Gasteiger partial charge in [0.15, 0.2) is 11.6 Å². The Morgan fingerprint density at radius 2 is 2.13 bits per heavy atom. The number of nitrogens with zero attached hydrogens (tertiary/aromatic N) is 6. The van der Waals surface area contributed by atoms with Crippen LogP contribution >= 0.6 is 0 Å². The largest absolute Gasteiger partial charge is 0.442 e. The van der Waals surface area contributed by atoms with Gasteiger partial charge >= 0.3 is 12.1 Å². The Hall–Kier alpha value is -4.30. The van der Waals surface area contributed by atoms with E-state index in [9.17, 15) is 9.59 Å². The van der Waals surface area contributed by atoms with Gasteiger partial charge in [-0.1, -0.05) is 6.07 Å². The number of benzene rings is 1. The maximum atomic E-state index is 15.2. The van der Waals surface area contributed by atoms with E-state index in [-0.39, 0.29) is 50.1 Å². The van der Waals surface area contributed by atoms with Crippen LogP contribution in [0, 0.1) is 11.6 Å². The number of halogens is 2. The highest BCUT2D eigenvalue weighted by atomic mass is 19.1. The fraction of sp³-hybridized carbons (Fsp3) is 0.333. The summed E-state index contributed by atoms with van der Waals surface area (Å²) in [6.45, 7) is 4.84. The van der Waals surface area contributed by atoms with Gasteiger partial charge in [-0.25, -0.2) is 29.6 Å². The summed E-state index contributed by atoms with van der Waals surface area (Å²) in [5.74, 6) is 4.07. The van der Waals surface area contributed by atoms with Crippen LogP contribution in [-0.2, 0) is 11.3 Å². The Kier molecular flexibility index (Phi) is 8.66. The van der Waals surface area contributed by atoms with Gasteiger partial charge in [0.1, 0.15) is 11.8 Å². The number of aromatic nitrogens is 1. The molecule has 0 bridgehead atoms. The molecule has 0 spiro atoms. The molecule has 2 aliphatic rings. The molecule has 12 nitrogen and oxygen atoms in total. The Balaban J connectivity index is 1.37. The lowest BCUT2D eigenvalue weighted by Crippen LogP contribution is -2.42. The number of pyridine rings is 1. The average molecular weight is 530 g/mol. The second kappa shape index (κ2) is 12.3. The lowest BCUT2D eigenvalue weighted by Gasteiger charge is -2.25. The lowest BCUT2D eigenvalue weighted by molar-refractivity contribution is 0.122. The van der Waals surface area contributed by atoms with E-state index < -0.39 is 23.8 Å². The lowest BCUT2D eigenvalue weighted by atomic mass is 10.2. The van der Waals surface area contributed by atoms with Gasteiger partial charge in [-0.15, -0.1) is 0 Å². The molecule has 2 saturated heterocycles. The number of hydrogen-bond acceptors (Lipinski definition) is 9. The third-order valence-electron chi connectivity index (χ3n) is 5.97.